The number of benzene rings is 1. The summed E-state index contributed by atoms with van der Waals surface area (Å²) in [5.41, 5.74) is 6.38. The van der Waals surface area contributed by atoms with Crippen LogP contribution in [0.25, 0.3) is 11.4 Å². The fraction of sp³-hybridized carbons (Fsp3) is 0.364. The van der Waals surface area contributed by atoms with Crippen LogP contribution in [0.4, 0.5) is 10.1 Å². The summed E-state index contributed by atoms with van der Waals surface area (Å²) in [5.74, 6) is -0.0750. The minimum atomic E-state index is -0.412. The quantitative estimate of drug-likeness (QED) is 0.823. The molecule has 1 aromatic heterocycles. The Hall–Kier alpha value is -2.02. The second-order valence-corrected chi connectivity index (χ2v) is 3.97. The van der Waals surface area contributed by atoms with Crippen LogP contribution in [0.15, 0.2) is 18.2 Å². The Labute approximate surface area is 104 Å². The molecule has 1 aromatic carbocycles. The second kappa shape index (κ2) is 5.09. The minimum absolute atomic E-state index is 0.0728. The zero-order chi connectivity index (χ0) is 13.1. The molecule has 0 amide bonds. The molecule has 0 aliphatic rings. The molecular weight excluding hydrogens is 237 g/mol. The Morgan fingerprint density at radius 1 is 1.50 bits per heavy atom. The zero-order valence-corrected chi connectivity index (χ0v) is 10.2. The lowest BCUT2D eigenvalue weighted by Gasteiger charge is -2.10. The molecule has 2 rings (SSSR count). The van der Waals surface area contributed by atoms with Gasteiger partial charge >= 0.3 is 0 Å². The molecule has 0 aliphatic carbocycles. The van der Waals surface area contributed by atoms with Crippen molar-refractivity contribution in [3.05, 3.63) is 24.0 Å². The largest absolute Gasteiger partial charge is 0.399 e. The molecule has 18 heavy (non-hydrogen) atoms. The zero-order valence-electron chi connectivity index (χ0n) is 10.2. The lowest BCUT2D eigenvalue weighted by Crippen LogP contribution is -2.17. The number of anilines is 1. The van der Waals surface area contributed by atoms with Crippen molar-refractivity contribution in [2.45, 2.75) is 19.6 Å². The van der Waals surface area contributed by atoms with Crippen molar-refractivity contribution in [1.29, 1.82) is 0 Å². The summed E-state index contributed by atoms with van der Waals surface area (Å²) in [6.45, 7) is 2.31. The number of methoxy groups -OCH3 is 1. The number of hydrogen-bond acceptors (Lipinski definition) is 5. The van der Waals surface area contributed by atoms with Crippen LogP contribution in [0.2, 0.25) is 0 Å². The van der Waals surface area contributed by atoms with Crippen molar-refractivity contribution in [3.8, 4) is 11.4 Å². The fourth-order valence-corrected chi connectivity index (χ4v) is 1.55. The van der Waals surface area contributed by atoms with Crippen molar-refractivity contribution in [2.75, 3.05) is 12.8 Å². The third-order valence-electron chi connectivity index (χ3n) is 2.60. The maximum absolute atomic E-state index is 13.7. The molecule has 6 nitrogen and oxygen atoms in total. The number of nitrogens with two attached hydrogens (primary N) is 1. The van der Waals surface area contributed by atoms with E-state index in [1.54, 1.807) is 7.11 Å². The van der Waals surface area contributed by atoms with Crippen LogP contribution in [0.1, 0.15) is 6.92 Å². The van der Waals surface area contributed by atoms with Gasteiger partial charge in [-0.05, 0) is 35.5 Å². The number of tetrazole rings is 1. The molecule has 0 fully saturated rings. The van der Waals surface area contributed by atoms with Gasteiger partial charge in [-0.2, -0.15) is 0 Å². The number of nitrogens with zero attached hydrogens (tertiary/aromatic N) is 4. The van der Waals surface area contributed by atoms with E-state index in [9.17, 15) is 4.39 Å². The summed E-state index contributed by atoms with van der Waals surface area (Å²) in [7, 11) is 1.59. The van der Waals surface area contributed by atoms with Gasteiger partial charge in [0.2, 0.25) is 0 Å². The van der Waals surface area contributed by atoms with E-state index in [0.29, 0.717) is 18.1 Å². The summed E-state index contributed by atoms with van der Waals surface area (Å²) in [4.78, 5) is 0. The van der Waals surface area contributed by atoms with E-state index in [4.69, 9.17) is 10.5 Å². The SMILES string of the molecule is COC(C)Cn1nnnc1-c1cc(N)ccc1F. The molecule has 1 atom stereocenters. The van der Waals surface area contributed by atoms with Gasteiger partial charge in [-0.3, -0.25) is 0 Å². The first-order valence-corrected chi connectivity index (χ1v) is 5.46. The summed E-state index contributed by atoms with van der Waals surface area (Å²) in [6, 6.07) is 4.29. The lowest BCUT2D eigenvalue weighted by molar-refractivity contribution is 0.0997. The number of rotatable bonds is 4. The molecule has 7 heteroatoms. The van der Waals surface area contributed by atoms with Crippen LogP contribution in [0, 0.1) is 5.82 Å². The van der Waals surface area contributed by atoms with E-state index in [1.165, 1.54) is 22.9 Å². The predicted molar refractivity (Wildman–Crippen MR) is 64.1 cm³/mol. The number of halogens is 1. The van der Waals surface area contributed by atoms with E-state index in [0.717, 1.165) is 0 Å². The van der Waals surface area contributed by atoms with Crippen LogP contribution in [-0.2, 0) is 11.3 Å². The molecule has 2 N–H and O–H groups in total. The summed E-state index contributed by atoms with van der Waals surface area (Å²) >= 11 is 0. The molecule has 0 spiro atoms. The molecule has 0 aliphatic heterocycles. The molecule has 0 bridgehead atoms. The van der Waals surface area contributed by atoms with Gasteiger partial charge in [0.1, 0.15) is 5.82 Å². The van der Waals surface area contributed by atoms with E-state index in [2.05, 4.69) is 15.5 Å². The highest BCUT2D eigenvalue weighted by molar-refractivity contribution is 5.61. The Bertz CT molecular complexity index is 542. The normalized spacial score (nSPS) is 12.6. The molecule has 0 radical (unpaired) electrons. The molecular formula is C11H14FN5O. The van der Waals surface area contributed by atoms with Gasteiger partial charge in [-0.15, -0.1) is 5.10 Å². The Balaban J connectivity index is 2.39. The van der Waals surface area contributed by atoms with Gasteiger partial charge in [0, 0.05) is 12.8 Å². The first kappa shape index (κ1) is 12.4. The van der Waals surface area contributed by atoms with Crippen molar-refractivity contribution in [3.63, 3.8) is 0 Å². The topological polar surface area (TPSA) is 78.8 Å². The summed E-state index contributed by atoms with van der Waals surface area (Å²) in [6.07, 6.45) is -0.0728. The first-order valence-electron chi connectivity index (χ1n) is 5.46. The van der Waals surface area contributed by atoms with E-state index < -0.39 is 5.82 Å². The van der Waals surface area contributed by atoms with Crippen LogP contribution in [-0.4, -0.2) is 33.4 Å². The van der Waals surface area contributed by atoms with Crippen molar-refractivity contribution < 1.29 is 9.13 Å². The third kappa shape index (κ3) is 2.45. The number of aromatic nitrogens is 4. The maximum atomic E-state index is 13.7. The highest BCUT2D eigenvalue weighted by atomic mass is 19.1. The molecule has 1 unspecified atom stereocenters. The molecule has 0 saturated heterocycles. The number of hydrogen-bond donors (Lipinski definition) is 1. The van der Waals surface area contributed by atoms with Gasteiger partial charge in [0.05, 0.1) is 18.2 Å². The Kier molecular flexibility index (Phi) is 3.52. The highest BCUT2D eigenvalue weighted by Crippen LogP contribution is 2.22. The van der Waals surface area contributed by atoms with Crippen molar-refractivity contribution >= 4 is 5.69 Å². The van der Waals surface area contributed by atoms with Gasteiger partial charge in [-0.1, -0.05) is 0 Å². The molecule has 1 heterocycles. The van der Waals surface area contributed by atoms with Crippen LogP contribution >= 0.6 is 0 Å². The highest BCUT2D eigenvalue weighted by Gasteiger charge is 2.15. The van der Waals surface area contributed by atoms with Crippen LogP contribution in [0.3, 0.4) is 0 Å². The van der Waals surface area contributed by atoms with Crippen LogP contribution < -0.4 is 5.73 Å². The van der Waals surface area contributed by atoms with Crippen molar-refractivity contribution in [1.82, 2.24) is 20.2 Å². The molecule has 0 saturated carbocycles. The third-order valence-corrected chi connectivity index (χ3v) is 2.60. The maximum Gasteiger partial charge on any atom is 0.185 e. The van der Waals surface area contributed by atoms with E-state index >= 15 is 0 Å². The fourth-order valence-electron chi connectivity index (χ4n) is 1.55. The summed E-state index contributed by atoms with van der Waals surface area (Å²) < 4.78 is 20.4. The average Bonchev–Trinajstić information content (AvgIpc) is 2.80. The molecule has 96 valence electrons. The monoisotopic (exact) mass is 251 g/mol. The number of nitrogen functional groups attached to an aromatic ring is 1. The van der Waals surface area contributed by atoms with E-state index in [-0.39, 0.29) is 11.7 Å². The summed E-state index contributed by atoms with van der Waals surface area (Å²) in [5, 5.41) is 11.2. The standard InChI is InChI=1S/C11H14FN5O/c1-7(18-2)6-17-11(14-15-16-17)9-5-8(13)3-4-10(9)12/h3-5,7H,6,13H2,1-2H3. The second-order valence-electron chi connectivity index (χ2n) is 3.97. The first-order chi connectivity index (χ1) is 8.61. The Morgan fingerprint density at radius 3 is 3.00 bits per heavy atom. The molecule has 2 aromatic rings. The lowest BCUT2D eigenvalue weighted by atomic mass is 10.1. The van der Waals surface area contributed by atoms with Gasteiger partial charge in [0.15, 0.2) is 5.82 Å². The smallest absolute Gasteiger partial charge is 0.185 e. The minimum Gasteiger partial charge on any atom is -0.399 e. The van der Waals surface area contributed by atoms with Gasteiger partial charge in [0.25, 0.3) is 0 Å². The average molecular weight is 251 g/mol. The van der Waals surface area contributed by atoms with Crippen LogP contribution in [0.5, 0.6) is 0 Å². The van der Waals surface area contributed by atoms with E-state index in [1.807, 2.05) is 6.92 Å². The van der Waals surface area contributed by atoms with Gasteiger partial charge < -0.3 is 10.5 Å². The van der Waals surface area contributed by atoms with Gasteiger partial charge in [-0.25, -0.2) is 9.07 Å². The number of ether oxygens (including phenoxy) is 1. The Morgan fingerprint density at radius 2 is 2.28 bits per heavy atom. The predicted octanol–water partition coefficient (Wildman–Crippen LogP) is 1.10. The van der Waals surface area contributed by atoms with Crippen molar-refractivity contribution in [2.24, 2.45) is 0 Å².